The topological polar surface area (TPSA) is 51.0 Å². The minimum atomic E-state index is 0.227. The maximum atomic E-state index is 6.22. The Hall–Kier alpha value is -2.78. The Labute approximate surface area is 153 Å². The number of nitrogens with one attached hydrogen (secondary N) is 1. The van der Waals surface area contributed by atoms with Crippen LogP contribution in [0.1, 0.15) is 22.6 Å². The quantitative estimate of drug-likeness (QED) is 0.540. The van der Waals surface area contributed by atoms with E-state index in [1.807, 2.05) is 0 Å². The SMILES string of the molecule is COc1ccc2ccccc2c1CC(CN)c1c[nH]c2ccc(C)cc12. The number of hydrogen-bond acceptors (Lipinski definition) is 2. The molecule has 0 fully saturated rings. The van der Waals surface area contributed by atoms with Gasteiger partial charge in [0.05, 0.1) is 7.11 Å². The fourth-order valence-corrected chi connectivity index (χ4v) is 3.88. The molecule has 4 aromatic rings. The van der Waals surface area contributed by atoms with Gasteiger partial charge in [-0.3, -0.25) is 0 Å². The van der Waals surface area contributed by atoms with Gasteiger partial charge < -0.3 is 15.5 Å². The zero-order valence-corrected chi connectivity index (χ0v) is 15.3. The average Bonchev–Trinajstić information content (AvgIpc) is 3.08. The summed E-state index contributed by atoms with van der Waals surface area (Å²) in [6.07, 6.45) is 2.96. The number of aromatic nitrogens is 1. The molecular weight excluding hydrogens is 320 g/mol. The summed E-state index contributed by atoms with van der Waals surface area (Å²) in [6.45, 7) is 2.72. The van der Waals surface area contributed by atoms with Gasteiger partial charge in [0, 0.05) is 28.6 Å². The molecule has 1 unspecified atom stereocenters. The van der Waals surface area contributed by atoms with Crippen molar-refractivity contribution in [2.45, 2.75) is 19.3 Å². The summed E-state index contributed by atoms with van der Waals surface area (Å²) in [7, 11) is 1.74. The molecule has 0 radical (unpaired) electrons. The fraction of sp³-hybridized carbons (Fsp3) is 0.217. The lowest BCUT2D eigenvalue weighted by molar-refractivity contribution is 0.409. The standard InChI is InChI=1S/C23H24N2O/c1-15-7-9-22-19(11-15)21(14-25-22)17(13-24)12-20-18-6-4-3-5-16(18)8-10-23(20)26-2/h3-11,14,17,25H,12-13,24H2,1-2H3. The van der Waals surface area contributed by atoms with E-state index in [4.69, 9.17) is 10.5 Å². The molecule has 3 heteroatoms. The zero-order chi connectivity index (χ0) is 18.1. The van der Waals surface area contributed by atoms with Crippen molar-refractivity contribution < 1.29 is 4.74 Å². The number of nitrogens with two attached hydrogens (primary N) is 1. The molecule has 1 atom stereocenters. The number of aryl methyl sites for hydroxylation is 1. The number of fused-ring (bicyclic) bond motifs is 2. The van der Waals surface area contributed by atoms with Crippen molar-refractivity contribution in [3.63, 3.8) is 0 Å². The normalized spacial score (nSPS) is 12.6. The van der Waals surface area contributed by atoms with Gasteiger partial charge in [-0.25, -0.2) is 0 Å². The number of methoxy groups -OCH3 is 1. The van der Waals surface area contributed by atoms with E-state index >= 15 is 0 Å². The van der Waals surface area contributed by atoms with E-state index < -0.39 is 0 Å². The van der Waals surface area contributed by atoms with E-state index in [1.54, 1.807) is 7.11 Å². The van der Waals surface area contributed by atoms with Gasteiger partial charge in [-0.05, 0) is 54.4 Å². The highest BCUT2D eigenvalue weighted by molar-refractivity contribution is 5.88. The Morgan fingerprint density at radius 1 is 1.04 bits per heavy atom. The summed E-state index contributed by atoms with van der Waals surface area (Å²) < 4.78 is 5.67. The Morgan fingerprint density at radius 3 is 2.69 bits per heavy atom. The second-order valence-electron chi connectivity index (χ2n) is 6.90. The van der Waals surface area contributed by atoms with Crippen molar-refractivity contribution in [2.75, 3.05) is 13.7 Å². The molecule has 0 aliphatic carbocycles. The van der Waals surface area contributed by atoms with Gasteiger partial charge in [0.15, 0.2) is 0 Å². The highest BCUT2D eigenvalue weighted by Gasteiger charge is 2.19. The molecule has 0 amide bonds. The molecule has 0 aliphatic rings. The third-order valence-corrected chi connectivity index (χ3v) is 5.26. The zero-order valence-electron chi connectivity index (χ0n) is 15.3. The average molecular weight is 344 g/mol. The monoisotopic (exact) mass is 344 g/mol. The van der Waals surface area contributed by atoms with E-state index in [1.165, 1.54) is 32.8 Å². The van der Waals surface area contributed by atoms with Crippen LogP contribution in [0.5, 0.6) is 5.75 Å². The number of ether oxygens (including phenoxy) is 1. The van der Waals surface area contributed by atoms with Crippen LogP contribution in [0.25, 0.3) is 21.7 Å². The Morgan fingerprint density at radius 2 is 1.88 bits per heavy atom. The summed E-state index contributed by atoms with van der Waals surface area (Å²) >= 11 is 0. The van der Waals surface area contributed by atoms with Gasteiger partial charge in [-0.1, -0.05) is 42.0 Å². The molecule has 0 saturated carbocycles. The minimum Gasteiger partial charge on any atom is -0.496 e. The van der Waals surface area contributed by atoms with Crippen molar-refractivity contribution in [1.82, 2.24) is 4.98 Å². The molecule has 0 bridgehead atoms. The summed E-state index contributed by atoms with van der Waals surface area (Å²) in [4.78, 5) is 3.39. The lowest BCUT2D eigenvalue weighted by Gasteiger charge is -2.18. The number of hydrogen-bond donors (Lipinski definition) is 2. The predicted molar refractivity (Wildman–Crippen MR) is 109 cm³/mol. The molecule has 3 nitrogen and oxygen atoms in total. The number of H-pyrrole nitrogens is 1. The van der Waals surface area contributed by atoms with Crippen LogP contribution in [-0.4, -0.2) is 18.6 Å². The van der Waals surface area contributed by atoms with Crippen molar-refractivity contribution in [3.8, 4) is 5.75 Å². The fourth-order valence-electron chi connectivity index (χ4n) is 3.88. The summed E-state index contributed by atoms with van der Waals surface area (Å²) in [5.41, 5.74) is 11.1. The van der Waals surface area contributed by atoms with Crippen LogP contribution in [0, 0.1) is 6.92 Å². The van der Waals surface area contributed by atoms with E-state index in [0.29, 0.717) is 6.54 Å². The van der Waals surface area contributed by atoms with Gasteiger partial charge >= 0.3 is 0 Å². The van der Waals surface area contributed by atoms with E-state index in [0.717, 1.165) is 17.7 Å². The van der Waals surface area contributed by atoms with Crippen LogP contribution < -0.4 is 10.5 Å². The van der Waals surface area contributed by atoms with Crippen molar-refractivity contribution in [3.05, 3.63) is 77.5 Å². The number of aromatic amines is 1. The molecule has 1 aromatic heterocycles. The van der Waals surface area contributed by atoms with Gasteiger partial charge in [0.1, 0.15) is 5.75 Å². The first kappa shape index (κ1) is 16.7. The van der Waals surface area contributed by atoms with E-state index in [-0.39, 0.29) is 5.92 Å². The molecule has 3 aromatic carbocycles. The minimum absolute atomic E-state index is 0.227. The Kier molecular flexibility index (Phi) is 4.39. The first-order valence-electron chi connectivity index (χ1n) is 9.03. The van der Waals surface area contributed by atoms with Gasteiger partial charge in [0.25, 0.3) is 0 Å². The molecule has 132 valence electrons. The summed E-state index contributed by atoms with van der Waals surface area (Å²) in [5.74, 6) is 1.16. The van der Waals surface area contributed by atoms with Crippen LogP contribution >= 0.6 is 0 Å². The molecule has 0 saturated heterocycles. The molecule has 0 spiro atoms. The van der Waals surface area contributed by atoms with Crippen LogP contribution in [0.4, 0.5) is 0 Å². The molecule has 0 aliphatic heterocycles. The van der Waals surface area contributed by atoms with Crippen molar-refractivity contribution in [2.24, 2.45) is 5.73 Å². The Bertz CT molecular complexity index is 1060. The second-order valence-corrected chi connectivity index (χ2v) is 6.90. The van der Waals surface area contributed by atoms with Crippen LogP contribution in [0.2, 0.25) is 0 Å². The highest BCUT2D eigenvalue weighted by Crippen LogP contribution is 2.34. The third kappa shape index (κ3) is 2.85. The molecule has 3 N–H and O–H groups in total. The number of rotatable bonds is 5. The lowest BCUT2D eigenvalue weighted by Crippen LogP contribution is -2.15. The Balaban J connectivity index is 1.82. The molecule has 4 rings (SSSR count). The van der Waals surface area contributed by atoms with E-state index in [9.17, 15) is 0 Å². The van der Waals surface area contributed by atoms with Gasteiger partial charge in [-0.2, -0.15) is 0 Å². The molecule has 1 heterocycles. The lowest BCUT2D eigenvalue weighted by atomic mass is 9.89. The highest BCUT2D eigenvalue weighted by atomic mass is 16.5. The number of benzene rings is 3. The third-order valence-electron chi connectivity index (χ3n) is 5.26. The molecule has 26 heavy (non-hydrogen) atoms. The smallest absolute Gasteiger partial charge is 0.122 e. The first-order chi connectivity index (χ1) is 12.7. The largest absolute Gasteiger partial charge is 0.496 e. The second kappa shape index (κ2) is 6.85. The van der Waals surface area contributed by atoms with Crippen LogP contribution in [0.3, 0.4) is 0 Å². The first-order valence-corrected chi connectivity index (χ1v) is 9.03. The van der Waals surface area contributed by atoms with Crippen molar-refractivity contribution in [1.29, 1.82) is 0 Å². The summed E-state index contributed by atoms with van der Waals surface area (Å²) in [6, 6.07) is 19.1. The molecular formula is C23H24N2O. The van der Waals surface area contributed by atoms with E-state index in [2.05, 4.69) is 72.7 Å². The summed E-state index contributed by atoms with van der Waals surface area (Å²) in [5, 5.41) is 3.73. The van der Waals surface area contributed by atoms with Crippen LogP contribution in [-0.2, 0) is 6.42 Å². The van der Waals surface area contributed by atoms with Gasteiger partial charge in [-0.15, -0.1) is 0 Å². The predicted octanol–water partition coefficient (Wildman–Crippen LogP) is 4.92. The van der Waals surface area contributed by atoms with Crippen molar-refractivity contribution >= 4 is 21.7 Å². The maximum Gasteiger partial charge on any atom is 0.122 e. The maximum absolute atomic E-state index is 6.22. The van der Waals surface area contributed by atoms with Crippen LogP contribution in [0.15, 0.2) is 60.8 Å². The van der Waals surface area contributed by atoms with Gasteiger partial charge in [0.2, 0.25) is 0 Å².